The number of aromatic nitrogens is 2. The minimum atomic E-state index is 0. The first-order valence-corrected chi connectivity index (χ1v) is 10.6. The molecule has 2 aromatic carbocycles. The number of rotatable bonds is 3. The maximum absolute atomic E-state index is 12.6. The summed E-state index contributed by atoms with van der Waals surface area (Å²) in [6.45, 7) is 4.09. The number of carbonyl (C=O) groups excluding carboxylic acids is 1. The molecule has 0 radical (unpaired) electrons. The number of anilines is 1. The van der Waals surface area contributed by atoms with Crippen LogP contribution in [0.15, 0.2) is 42.5 Å². The topological polar surface area (TPSA) is 64.3 Å². The molecule has 8 heteroatoms. The van der Waals surface area contributed by atoms with Crippen molar-refractivity contribution in [2.75, 3.05) is 37.6 Å². The minimum absolute atomic E-state index is 0. The number of imidazole rings is 1. The van der Waals surface area contributed by atoms with Crippen molar-refractivity contribution in [1.82, 2.24) is 20.2 Å². The van der Waals surface area contributed by atoms with Gasteiger partial charge in [-0.1, -0.05) is 23.7 Å². The first-order valence-electron chi connectivity index (χ1n) is 10.2. The number of aromatic amines is 1. The van der Waals surface area contributed by atoms with Gasteiger partial charge in [0.1, 0.15) is 5.82 Å². The van der Waals surface area contributed by atoms with E-state index in [4.69, 9.17) is 16.6 Å². The van der Waals surface area contributed by atoms with E-state index >= 15 is 0 Å². The van der Waals surface area contributed by atoms with Crippen molar-refractivity contribution in [1.29, 1.82) is 0 Å². The molecule has 158 valence electrons. The Morgan fingerprint density at radius 1 is 1.10 bits per heavy atom. The summed E-state index contributed by atoms with van der Waals surface area (Å²) in [5.41, 5.74) is 3.93. The maximum Gasteiger partial charge on any atom is 0.239 e. The molecular weight excluding hydrogens is 421 g/mol. The second-order valence-electron chi connectivity index (χ2n) is 7.73. The third-order valence-corrected chi connectivity index (χ3v) is 6.24. The van der Waals surface area contributed by atoms with Crippen molar-refractivity contribution in [3.63, 3.8) is 0 Å². The lowest BCUT2D eigenvalue weighted by Crippen LogP contribution is -2.53. The highest BCUT2D eigenvalue weighted by Gasteiger charge is 2.29. The maximum atomic E-state index is 12.6. The number of carbonyl (C=O) groups is 1. The predicted octanol–water partition coefficient (Wildman–Crippen LogP) is 3.71. The van der Waals surface area contributed by atoms with Crippen molar-refractivity contribution in [3.8, 4) is 11.4 Å². The van der Waals surface area contributed by atoms with Crippen LogP contribution in [0.2, 0.25) is 5.02 Å². The lowest BCUT2D eigenvalue weighted by molar-refractivity contribution is -0.133. The fourth-order valence-electron chi connectivity index (χ4n) is 4.27. The van der Waals surface area contributed by atoms with Crippen molar-refractivity contribution in [2.45, 2.75) is 18.9 Å². The summed E-state index contributed by atoms with van der Waals surface area (Å²) in [6.07, 6.45) is 2.04. The number of nitrogens with one attached hydrogen (secondary N) is 2. The largest absolute Gasteiger partial charge is 0.368 e. The van der Waals surface area contributed by atoms with E-state index in [-0.39, 0.29) is 24.4 Å². The van der Waals surface area contributed by atoms with Crippen LogP contribution >= 0.6 is 24.0 Å². The zero-order valence-electron chi connectivity index (χ0n) is 16.6. The number of H-pyrrole nitrogens is 1. The molecular formula is C22H25Cl2N5O. The van der Waals surface area contributed by atoms with Gasteiger partial charge in [-0.15, -0.1) is 12.4 Å². The molecule has 1 amide bonds. The highest BCUT2D eigenvalue weighted by molar-refractivity contribution is 6.33. The Balaban J connectivity index is 0.00000218. The van der Waals surface area contributed by atoms with Gasteiger partial charge in [-0.2, -0.15) is 0 Å². The summed E-state index contributed by atoms with van der Waals surface area (Å²) < 4.78 is 0. The molecule has 2 fully saturated rings. The van der Waals surface area contributed by atoms with E-state index < -0.39 is 0 Å². The average molecular weight is 446 g/mol. The minimum Gasteiger partial charge on any atom is -0.368 e. The molecule has 0 bridgehead atoms. The van der Waals surface area contributed by atoms with Gasteiger partial charge in [0.05, 0.1) is 22.1 Å². The quantitative estimate of drug-likeness (QED) is 0.644. The predicted molar refractivity (Wildman–Crippen MR) is 124 cm³/mol. The van der Waals surface area contributed by atoms with Gasteiger partial charge in [0, 0.05) is 37.4 Å². The van der Waals surface area contributed by atoms with Crippen molar-refractivity contribution < 1.29 is 4.79 Å². The van der Waals surface area contributed by atoms with Crippen LogP contribution in [0, 0.1) is 0 Å². The normalized spacial score (nSPS) is 19.2. The number of benzene rings is 2. The molecule has 6 nitrogen and oxygen atoms in total. The Hall–Kier alpha value is -2.28. The Labute approximate surface area is 187 Å². The number of halogens is 2. The smallest absolute Gasteiger partial charge is 0.239 e. The van der Waals surface area contributed by atoms with E-state index in [1.807, 2.05) is 41.3 Å². The van der Waals surface area contributed by atoms with Gasteiger partial charge in [-0.05, 0) is 49.7 Å². The third kappa shape index (κ3) is 4.00. The van der Waals surface area contributed by atoms with E-state index in [2.05, 4.69) is 21.3 Å². The van der Waals surface area contributed by atoms with Crippen molar-refractivity contribution in [2.24, 2.45) is 0 Å². The lowest BCUT2D eigenvalue weighted by Gasteiger charge is -2.37. The van der Waals surface area contributed by atoms with Gasteiger partial charge in [0.25, 0.3) is 0 Å². The molecule has 5 rings (SSSR count). The Morgan fingerprint density at radius 2 is 1.90 bits per heavy atom. The summed E-state index contributed by atoms with van der Waals surface area (Å²) in [5, 5.41) is 3.98. The molecule has 2 saturated heterocycles. The summed E-state index contributed by atoms with van der Waals surface area (Å²) in [7, 11) is 0. The fourth-order valence-corrected chi connectivity index (χ4v) is 4.48. The van der Waals surface area contributed by atoms with Gasteiger partial charge in [-0.3, -0.25) is 4.79 Å². The van der Waals surface area contributed by atoms with Crippen molar-refractivity contribution in [3.05, 3.63) is 47.5 Å². The second kappa shape index (κ2) is 8.84. The molecule has 0 unspecified atom stereocenters. The Bertz CT molecular complexity index is 1010. The van der Waals surface area contributed by atoms with Crippen LogP contribution in [0.3, 0.4) is 0 Å². The number of fused-ring (bicyclic) bond motifs is 1. The van der Waals surface area contributed by atoms with Gasteiger partial charge < -0.3 is 20.1 Å². The van der Waals surface area contributed by atoms with Crippen molar-refractivity contribution >= 4 is 46.6 Å². The summed E-state index contributed by atoms with van der Waals surface area (Å²) in [4.78, 5) is 25.0. The molecule has 2 aliphatic heterocycles. The number of hydrogen-bond donors (Lipinski definition) is 2. The fraction of sp³-hybridized carbons (Fsp3) is 0.364. The van der Waals surface area contributed by atoms with Crippen LogP contribution in [0.1, 0.15) is 12.8 Å². The number of para-hydroxylation sites is 2. The first kappa shape index (κ1) is 21.0. The van der Waals surface area contributed by atoms with E-state index in [0.717, 1.165) is 73.7 Å². The molecule has 0 saturated carbocycles. The lowest BCUT2D eigenvalue weighted by atomic mass is 10.1. The Kier molecular flexibility index (Phi) is 6.18. The monoisotopic (exact) mass is 445 g/mol. The van der Waals surface area contributed by atoms with Gasteiger partial charge in [0.2, 0.25) is 5.91 Å². The van der Waals surface area contributed by atoms with Crippen LogP contribution in [0.25, 0.3) is 22.4 Å². The molecule has 3 heterocycles. The zero-order chi connectivity index (χ0) is 19.8. The molecule has 3 aromatic rings. The van der Waals surface area contributed by atoms with E-state index in [1.165, 1.54) is 0 Å². The molecule has 2 aliphatic rings. The molecule has 1 aromatic heterocycles. The molecule has 1 atom stereocenters. The van der Waals surface area contributed by atoms with Crippen LogP contribution < -0.4 is 10.2 Å². The number of piperazine rings is 1. The summed E-state index contributed by atoms with van der Waals surface area (Å²) in [6, 6.07) is 14.1. The molecule has 0 spiro atoms. The first-order chi connectivity index (χ1) is 14.2. The zero-order valence-corrected chi connectivity index (χ0v) is 18.2. The van der Waals surface area contributed by atoms with Crippen LogP contribution in [-0.4, -0.2) is 59.5 Å². The third-order valence-electron chi connectivity index (χ3n) is 5.91. The average Bonchev–Trinajstić information content (AvgIpc) is 3.44. The summed E-state index contributed by atoms with van der Waals surface area (Å²) >= 11 is 6.50. The number of hydrogen-bond acceptors (Lipinski definition) is 4. The highest BCUT2D eigenvalue weighted by Crippen LogP contribution is 2.32. The number of nitrogens with zero attached hydrogens (tertiary/aromatic N) is 3. The summed E-state index contributed by atoms with van der Waals surface area (Å²) in [5.74, 6) is 1.03. The molecule has 0 aliphatic carbocycles. The second-order valence-corrected chi connectivity index (χ2v) is 8.14. The Morgan fingerprint density at radius 3 is 2.63 bits per heavy atom. The van der Waals surface area contributed by atoms with Gasteiger partial charge in [-0.25, -0.2) is 4.98 Å². The standard InChI is InChI=1S/C22H24ClN5O.ClH/c23-17-8-7-15(14-16(17)21-25-18-4-1-2-5-19(18)26-21)27-10-12-28(13-11-27)22(29)20-6-3-9-24-20;/h1-2,4-5,7-8,14,20,24H,3,6,9-13H2,(H,25,26);1H/t20-;/m0./s1. The van der Waals surface area contributed by atoms with E-state index in [9.17, 15) is 4.79 Å². The number of amides is 1. The van der Waals surface area contributed by atoms with E-state index in [0.29, 0.717) is 5.02 Å². The SMILES string of the molecule is Cl.O=C([C@@H]1CCCN1)N1CCN(c2ccc(Cl)c(-c3nc4ccccc4[nH]3)c2)CC1. The van der Waals surface area contributed by atoms with E-state index in [1.54, 1.807) is 0 Å². The molecule has 2 N–H and O–H groups in total. The highest BCUT2D eigenvalue weighted by atomic mass is 35.5. The van der Waals surface area contributed by atoms with Crippen LogP contribution in [0.4, 0.5) is 5.69 Å². The molecule has 30 heavy (non-hydrogen) atoms. The van der Waals surface area contributed by atoms with Crippen LogP contribution in [-0.2, 0) is 4.79 Å². The van der Waals surface area contributed by atoms with Crippen LogP contribution in [0.5, 0.6) is 0 Å². The van der Waals surface area contributed by atoms with Gasteiger partial charge >= 0.3 is 0 Å². The van der Waals surface area contributed by atoms with Gasteiger partial charge in [0.15, 0.2) is 0 Å².